The number of carbonyl (C=O) groups excluding carboxylic acids is 1. The molecule has 1 amide bonds. The summed E-state index contributed by atoms with van der Waals surface area (Å²) in [7, 11) is 1.68. The first-order valence-electron chi connectivity index (χ1n) is 8.25. The molecule has 1 aromatic rings. The Kier molecular flexibility index (Phi) is 5.59. The molecule has 3 N–H and O–H groups in total. The molecule has 0 aliphatic carbocycles. The summed E-state index contributed by atoms with van der Waals surface area (Å²) >= 11 is 0. The van der Waals surface area contributed by atoms with Crippen molar-refractivity contribution in [1.29, 1.82) is 0 Å². The zero-order chi connectivity index (χ0) is 17.0. The standard InChI is InChI=1S/C17H27N3O3/c1-12(2)14-6-5-13(16(22)20(14)3)15(21)19-11-17(23)7-4-9-18-10-8-17/h5-6,12,18,23H,4,7-11H2,1-3H3,(H,19,21)/t17-/m1/s1. The van der Waals surface area contributed by atoms with E-state index in [9.17, 15) is 14.7 Å². The van der Waals surface area contributed by atoms with Gasteiger partial charge in [-0.25, -0.2) is 0 Å². The number of nitrogens with one attached hydrogen (secondary N) is 2. The quantitative estimate of drug-likeness (QED) is 0.764. The Morgan fingerprint density at radius 1 is 1.39 bits per heavy atom. The Morgan fingerprint density at radius 3 is 2.83 bits per heavy atom. The Morgan fingerprint density at radius 2 is 2.13 bits per heavy atom. The van der Waals surface area contributed by atoms with Gasteiger partial charge in [0.1, 0.15) is 5.56 Å². The van der Waals surface area contributed by atoms with Crippen LogP contribution in [0.25, 0.3) is 0 Å². The first-order valence-corrected chi connectivity index (χ1v) is 8.25. The number of hydrogen-bond donors (Lipinski definition) is 3. The van der Waals surface area contributed by atoms with E-state index in [0.717, 1.165) is 25.2 Å². The highest BCUT2D eigenvalue weighted by Gasteiger charge is 2.28. The lowest BCUT2D eigenvalue weighted by Gasteiger charge is -2.26. The Labute approximate surface area is 136 Å². The Balaban J connectivity index is 2.09. The fraction of sp³-hybridized carbons (Fsp3) is 0.647. The van der Waals surface area contributed by atoms with E-state index >= 15 is 0 Å². The van der Waals surface area contributed by atoms with Crippen LogP contribution in [0.15, 0.2) is 16.9 Å². The van der Waals surface area contributed by atoms with E-state index < -0.39 is 11.5 Å². The molecule has 0 spiro atoms. The molecule has 1 fully saturated rings. The molecule has 0 radical (unpaired) electrons. The van der Waals surface area contributed by atoms with Crippen LogP contribution in [0.3, 0.4) is 0 Å². The van der Waals surface area contributed by atoms with Crippen LogP contribution in [0.5, 0.6) is 0 Å². The van der Waals surface area contributed by atoms with Gasteiger partial charge in [-0.1, -0.05) is 13.8 Å². The first-order chi connectivity index (χ1) is 10.8. The zero-order valence-corrected chi connectivity index (χ0v) is 14.2. The van der Waals surface area contributed by atoms with Gasteiger partial charge in [-0.2, -0.15) is 0 Å². The third kappa shape index (κ3) is 4.20. The number of nitrogens with zero attached hydrogens (tertiary/aromatic N) is 1. The van der Waals surface area contributed by atoms with Crippen molar-refractivity contribution in [3.8, 4) is 0 Å². The summed E-state index contributed by atoms with van der Waals surface area (Å²) in [6.45, 7) is 5.79. The lowest BCUT2D eigenvalue weighted by molar-refractivity contribution is 0.0275. The van der Waals surface area contributed by atoms with Crippen LogP contribution >= 0.6 is 0 Å². The van der Waals surface area contributed by atoms with Crippen LogP contribution in [-0.4, -0.2) is 40.8 Å². The van der Waals surface area contributed by atoms with E-state index in [1.54, 1.807) is 13.1 Å². The highest BCUT2D eigenvalue weighted by Crippen LogP contribution is 2.18. The Hall–Kier alpha value is -1.66. The number of pyridine rings is 1. The van der Waals surface area contributed by atoms with Gasteiger partial charge >= 0.3 is 0 Å². The maximum Gasteiger partial charge on any atom is 0.263 e. The molecule has 2 heterocycles. The van der Waals surface area contributed by atoms with Gasteiger partial charge in [0.05, 0.1) is 5.60 Å². The van der Waals surface area contributed by atoms with Gasteiger partial charge in [-0.3, -0.25) is 9.59 Å². The highest BCUT2D eigenvalue weighted by atomic mass is 16.3. The molecule has 6 nitrogen and oxygen atoms in total. The minimum absolute atomic E-state index is 0.118. The number of rotatable bonds is 4. The molecule has 0 bridgehead atoms. The molecule has 0 unspecified atom stereocenters. The average Bonchev–Trinajstić information content (AvgIpc) is 2.72. The van der Waals surface area contributed by atoms with E-state index in [4.69, 9.17) is 0 Å². The minimum Gasteiger partial charge on any atom is -0.388 e. The molecule has 1 aromatic heterocycles. The van der Waals surface area contributed by atoms with Crippen molar-refractivity contribution in [2.45, 2.75) is 44.6 Å². The van der Waals surface area contributed by atoms with Crippen molar-refractivity contribution < 1.29 is 9.90 Å². The summed E-state index contributed by atoms with van der Waals surface area (Å²) in [6.07, 6.45) is 2.11. The van der Waals surface area contributed by atoms with E-state index in [0.29, 0.717) is 12.8 Å². The fourth-order valence-electron chi connectivity index (χ4n) is 3.03. The normalized spacial score (nSPS) is 22.0. The van der Waals surface area contributed by atoms with Gasteiger partial charge in [-0.15, -0.1) is 0 Å². The van der Waals surface area contributed by atoms with E-state index in [1.807, 2.05) is 19.9 Å². The van der Waals surface area contributed by atoms with Crippen molar-refractivity contribution in [1.82, 2.24) is 15.2 Å². The predicted octanol–water partition coefficient (Wildman–Crippen LogP) is 0.743. The third-order valence-corrected chi connectivity index (χ3v) is 4.52. The van der Waals surface area contributed by atoms with Gasteiger partial charge in [0.2, 0.25) is 0 Å². The highest BCUT2D eigenvalue weighted by molar-refractivity contribution is 5.93. The largest absolute Gasteiger partial charge is 0.388 e. The van der Waals surface area contributed by atoms with Crippen LogP contribution in [0.4, 0.5) is 0 Å². The van der Waals surface area contributed by atoms with Gasteiger partial charge in [-0.05, 0) is 50.4 Å². The van der Waals surface area contributed by atoms with Crippen molar-refractivity contribution in [2.75, 3.05) is 19.6 Å². The average molecular weight is 321 g/mol. The maximum absolute atomic E-state index is 12.4. The van der Waals surface area contributed by atoms with Crippen LogP contribution in [-0.2, 0) is 7.05 Å². The molecule has 1 aliphatic heterocycles. The zero-order valence-electron chi connectivity index (χ0n) is 14.2. The molecule has 0 saturated carbocycles. The second kappa shape index (κ2) is 7.27. The summed E-state index contributed by atoms with van der Waals surface area (Å²) in [5.74, 6) is -0.212. The van der Waals surface area contributed by atoms with Crippen LogP contribution in [0, 0.1) is 0 Å². The summed E-state index contributed by atoms with van der Waals surface area (Å²) < 4.78 is 1.52. The molecular formula is C17H27N3O3. The van der Waals surface area contributed by atoms with E-state index in [1.165, 1.54) is 4.57 Å². The number of carbonyl (C=O) groups is 1. The minimum atomic E-state index is -0.901. The van der Waals surface area contributed by atoms with Crippen molar-refractivity contribution in [2.24, 2.45) is 7.05 Å². The van der Waals surface area contributed by atoms with E-state index in [-0.39, 0.29) is 23.6 Å². The fourth-order valence-corrected chi connectivity index (χ4v) is 3.03. The number of aromatic nitrogens is 1. The summed E-state index contributed by atoms with van der Waals surface area (Å²) in [6, 6.07) is 3.39. The molecular weight excluding hydrogens is 294 g/mol. The van der Waals surface area contributed by atoms with Crippen molar-refractivity contribution >= 4 is 5.91 Å². The maximum atomic E-state index is 12.4. The predicted molar refractivity (Wildman–Crippen MR) is 89.8 cm³/mol. The molecule has 1 saturated heterocycles. The van der Waals surface area contributed by atoms with Gasteiger partial charge in [0.15, 0.2) is 0 Å². The summed E-state index contributed by atoms with van der Waals surface area (Å²) in [5, 5.41) is 16.5. The molecule has 1 atom stereocenters. The molecule has 128 valence electrons. The molecule has 1 aliphatic rings. The number of aliphatic hydroxyl groups is 1. The SMILES string of the molecule is CC(C)c1ccc(C(=O)NC[C@@]2(O)CCCNCC2)c(=O)n1C. The summed E-state index contributed by atoms with van der Waals surface area (Å²) in [5.41, 5.74) is -0.196. The second-order valence-corrected chi connectivity index (χ2v) is 6.70. The second-order valence-electron chi connectivity index (χ2n) is 6.70. The van der Waals surface area contributed by atoms with Crippen LogP contribution < -0.4 is 16.2 Å². The molecule has 6 heteroatoms. The Bertz CT molecular complexity index is 614. The van der Waals surface area contributed by atoms with Crippen LogP contribution in [0.1, 0.15) is 55.1 Å². The van der Waals surface area contributed by atoms with Crippen molar-refractivity contribution in [3.63, 3.8) is 0 Å². The number of amides is 1. The van der Waals surface area contributed by atoms with Gasteiger partial charge < -0.3 is 20.3 Å². The molecule has 0 aromatic carbocycles. The third-order valence-electron chi connectivity index (χ3n) is 4.52. The smallest absolute Gasteiger partial charge is 0.263 e. The lowest BCUT2D eigenvalue weighted by atomic mass is 9.95. The van der Waals surface area contributed by atoms with Crippen LogP contribution in [0.2, 0.25) is 0 Å². The summed E-state index contributed by atoms with van der Waals surface area (Å²) in [4.78, 5) is 24.7. The van der Waals surface area contributed by atoms with Gasteiger partial charge in [0, 0.05) is 19.3 Å². The molecule has 2 rings (SSSR count). The van der Waals surface area contributed by atoms with Crippen molar-refractivity contribution in [3.05, 3.63) is 33.7 Å². The lowest BCUT2D eigenvalue weighted by Crippen LogP contribution is -2.44. The molecule has 23 heavy (non-hydrogen) atoms. The van der Waals surface area contributed by atoms with Gasteiger partial charge in [0.25, 0.3) is 11.5 Å². The first kappa shape index (κ1) is 17.7. The van der Waals surface area contributed by atoms with E-state index in [2.05, 4.69) is 10.6 Å². The number of hydrogen-bond acceptors (Lipinski definition) is 4. The monoisotopic (exact) mass is 321 g/mol. The topological polar surface area (TPSA) is 83.4 Å².